The van der Waals surface area contributed by atoms with E-state index in [1.807, 2.05) is 6.07 Å². The van der Waals surface area contributed by atoms with E-state index >= 15 is 0 Å². The van der Waals surface area contributed by atoms with Gasteiger partial charge >= 0.3 is 0 Å². The molecule has 0 unspecified atom stereocenters. The third kappa shape index (κ3) is 2.48. The molecule has 1 rings (SSSR count). The summed E-state index contributed by atoms with van der Waals surface area (Å²) in [5.74, 6) is 0.0451. The van der Waals surface area contributed by atoms with Crippen molar-refractivity contribution in [2.45, 2.75) is 6.92 Å². The third-order valence-electron chi connectivity index (χ3n) is 2.06. The van der Waals surface area contributed by atoms with Crippen LogP contribution >= 0.6 is 0 Å². The van der Waals surface area contributed by atoms with E-state index in [2.05, 4.69) is 6.07 Å². The average Bonchev–Trinajstić information content (AvgIpc) is 2.28. The van der Waals surface area contributed by atoms with E-state index in [0.717, 1.165) is 0 Å². The zero-order valence-corrected chi connectivity index (χ0v) is 9.37. The monoisotopic (exact) mass is 223 g/mol. The van der Waals surface area contributed by atoms with Crippen LogP contribution in [0.15, 0.2) is 18.2 Å². The fourth-order valence-corrected chi connectivity index (χ4v) is 1.86. The van der Waals surface area contributed by atoms with Gasteiger partial charge in [0.05, 0.1) is 23.1 Å². The molecular weight excluding hydrogens is 212 g/mol. The molecule has 0 saturated heterocycles. The summed E-state index contributed by atoms with van der Waals surface area (Å²) in [6.07, 6.45) is 0. The Morgan fingerprint density at radius 3 is 2.60 bits per heavy atom. The molecule has 79 valence electrons. The van der Waals surface area contributed by atoms with Gasteiger partial charge in [-0.25, -0.2) is 8.42 Å². The molecule has 0 heterocycles. The van der Waals surface area contributed by atoms with E-state index < -0.39 is 10.0 Å². The molecular formula is C10H11N2O2S. The summed E-state index contributed by atoms with van der Waals surface area (Å²) in [6, 6.07) is 9.23. The van der Waals surface area contributed by atoms with Crippen molar-refractivity contribution in [2.24, 2.45) is 0 Å². The first-order valence-electron chi connectivity index (χ1n) is 4.39. The van der Waals surface area contributed by atoms with Gasteiger partial charge in [0.2, 0.25) is 10.0 Å². The number of hydrogen-bond donors (Lipinski definition) is 0. The van der Waals surface area contributed by atoms with E-state index in [0.29, 0.717) is 11.3 Å². The molecule has 0 N–H and O–H groups in total. The lowest BCUT2D eigenvalue weighted by molar-refractivity contribution is 0.595. The Labute approximate surface area is 89.8 Å². The van der Waals surface area contributed by atoms with Crippen LogP contribution in [0, 0.1) is 17.4 Å². The van der Waals surface area contributed by atoms with Gasteiger partial charge < -0.3 is 0 Å². The smallest absolute Gasteiger partial charge is 0.234 e. The lowest BCUT2D eigenvalue weighted by Gasteiger charge is -2.17. The van der Waals surface area contributed by atoms with Gasteiger partial charge in [-0.1, -0.05) is 0 Å². The van der Waals surface area contributed by atoms with E-state index in [4.69, 9.17) is 5.26 Å². The second-order valence-electron chi connectivity index (χ2n) is 2.94. The lowest BCUT2D eigenvalue weighted by atomic mass is 10.2. The maximum Gasteiger partial charge on any atom is 0.234 e. The van der Waals surface area contributed by atoms with E-state index in [-0.39, 0.29) is 5.75 Å². The van der Waals surface area contributed by atoms with E-state index in [1.54, 1.807) is 13.0 Å². The van der Waals surface area contributed by atoms with Crippen LogP contribution < -0.4 is 4.31 Å². The zero-order chi connectivity index (χ0) is 11.5. The van der Waals surface area contributed by atoms with Gasteiger partial charge in [0.1, 0.15) is 0 Å². The lowest BCUT2D eigenvalue weighted by Crippen LogP contribution is -2.27. The van der Waals surface area contributed by atoms with Crippen LogP contribution in [0.3, 0.4) is 0 Å². The van der Waals surface area contributed by atoms with Gasteiger partial charge in [0.25, 0.3) is 0 Å². The fourth-order valence-electron chi connectivity index (χ4n) is 1.04. The van der Waals surface area contributed by atoms with Crippen LogP contribution in [0.2, 0.25) is 0 Å². The minimum absolute atomic E-state index is 0.0451. The van der Waals surface area contributed by atoms with Crippen molar-refractivity contribution >= 4 is 15.7 Å². The highest BCUT2D eigenvalue weighted by Crippen LogP contribution is 2.16. The number of anilines is 1. The Morgan fingerprint density at radius 2 is 2.20 bits per heavy atom. The Bertz CT molecular complexity index is 471. The van der Waals surface area contributed by atoms with Crippen molar-refractivity contribution in [1.82, 2.24) is 0 Å². The van der Waals surface area contributed by atoms with Crippen LogP contribution in [0.1, 0.15) is 12.5 Å². The molecule has 0 bridgehead atoms. The highest BCUT2D eigenvalue weighted by molar-refractivity contribution is 7.92. The molecule has 0 aliphatic carbocycles. The van der Waals surface area contributed by atoms with E-state index in [1.165, 1.54) is 23.5 Å². The van der Waals surface area contributed by atoms with Crippen LogP contribution in [-0.2, 0) is 10.0 Å². The molecule has 0 aliphatic heterocycles. The second-order valence-corrected chi connectivity index (χ2v) is 5.23. The predicted molar refractivity (Wildman–Crippen MR) is 57.9 cm³/mol. The van der Waals surface area contributed by atoms with Gasteiger partial charge in [0, 0.05) is 13.1 Å². The number of sulfonamides is 1. The van der Waals surface area contributed by atoms with Gasteiger partial charge in [-0.2, -0.15) is 5.26 Å². The highest BCUT2D eigenvalue weighted by atomic mass is 32.2. The molecule has 0 aromatic heterocycles. The highest BCUT2D eigenvalue weighted by Gasteiger charge is 2.15. The minimum Gasteiger partial charge on any atom is -0.273 e. The Morgan fingerprint density at radius 1 is 1.53 bits per heavy atom. The summed E-state index contributed by atoms with van der Waals surface area (Å²) in [6.45, 7) is 1.58. The van der Waals surface area contributed by atoms with Crippen molar-refractivity contribution < 1.29 is 8.42 Å². The molecule has 0 spiro atoms. The van der Waals surface area contributed by atoms with Crippen molar-refractivity contribution in [1.29, 1.82) is 5.26 Å². The maximum atomic E-state index is 11.5. The molecule has 15 heavy (non-hydrogen) atoms. The summed E-state index contributed by atoms with van der Waals surface area (Å²) >= 11 is 0. The van der Waals surface area contributed by atoms with Crippen LogP contribution in [0.5, 0.6) is 0 Å². The van der Waals surface area contributed by atoms with Crippen molar-refractivity contribution in [3.05, 3.63) is 29.8 Å². The fraction of sp³-hybridized carbons (Fsp3) is 0.300. The second kappa shape index (κ2) is 4.32. The molecule has 1 aromatic rings. The van der Waals surface area contributed by atoms with Crippen molar-refractivity contribution in [3.63, 3.8) is 0 Å². The summed E-state index contributed by atoms with van der Waals surface area (Å²) in [4.78, 5) is 0. The van der Waals surface area contributed by atoms with Gasteiger partial charge in [0.15, 0.2) is 0 Å². The molecule has 4 nitrogen and oxygen atoms in total. The van der Waals surface area contributed by atoms with Crippen LogP contribution in [-0.4, -0.2) is 21.2 Å². The topological polar surface area (TPSA) is 61.2 Å². The minimum atomic E-state index is -3.24. The number of nitriles is 1. The number of rotatable bonds is 3. The number of benzene rings is 1. The van der Waals surface area contributed by atoms with Crippen LogP contribution in [0.25, 0.3) is 0 Å². The Kier molecular flexibility index (Phi) is 3.32. The quantitative estimate of drug-likeness (QED) is 0.772. The zero-order valence-electron chi connectivity index (χ0n) is 8.56. The molecule has 5 heteroatoms. The van der Waals surface area contributed by atoms with E-state index in [9.17, 15) is 8.42 Å². The van der Waals surface area contributed by atoms with Crippen molar-refractivity contribution in [3.8, 4) is 6.07 Å². The summed E-state index contributed by atoms with van der Waals surface area (Å²) < 4.78 is 24.2. The molecule has 0 fully saturated rings. The molecule has 1 radical (unpaired) electrons. The number of nitrogens with zero attached hydrogens (tertiary/aromatic N) is 2. The predicted octanol–water partition coefficient (Wildman–Crippen LogP) is 1.14. The summed E-state index contributed by atoms with van der Waals surface area (Å²) in [5, 5.41) is 8.56. The first kappa shape index (κ1) is 11.5. The Balaban J connectivity index is 3.04. The molecule has 0 atom stereocenters. The molecule has 0 aliphatic rings. The Hall–Kier alpha value is -1.54. The summed E-state index contributed by atoms with van der Waals surface area (Å²) in [7, 11) is -1.76. The first-order chi connectivity index (χ1) is 7.01. The van der Waals surface area contributed by atoms with Crippen molar-refractivity contribution in [2.75, 3.05) is 17.1 Å². The summed E-state index contributed by atoms with van der Waals surface area (Å²) in [5.41, 5.74) is 0.900. The maximum absolute atomic E-state index is 11.5. The normalized spacial score (nSPS) is 10.7. The SMILES string of the molecule is CCS(=O)(=O)N(C)c1c[c]c(C#N)cc1. The third-order valence-corrected chi connectivity index (χ3v) is 3.84. The standard InChI is InChI=1S/C10H11N2O2S/c1-3-15(13,14)12(2)10-6-4-9(8-11)5-7-10/h4,6-7H,3H2,1-2H3. The first-order valence-corrected chi connectivity index (χ1v) is 6.00. The van der Waals surface area contributed by atoms with Crippen LogP contribution in [0.4, 0.5) is 5.69 Å². The largest absolute Gasteiger partial charge is 0.273 e. The molecule has 0 saturated carbocycles. The van der Waals surface area contributed by atoms with Gasteiger partial charge in [-0.05, 0) is 25.1 Å². The number of hydrogen-bond acceptors (Lipinski definition) is 3. The molecule has 1 aromatic carbocycles. The molecule has 0 amide bonds. The average molecular weight is 223 g/mol. The van der Waals surface area contributed by atoms with Gasteiger partial charge in [-0.15, -0.1) is 0 Å². The van der Waals surface area contributed by atoms with Gasteiger partial charge in [-0.3, -0.25) is 4.31 Å².